The average Bonchev–Trinajstić information content (AvgIpc) is 2.46. The molecule has 0 heterocycles. The zero-order valence-corrected chi connectivity index (χ0v) is 13.0. The Kier molecular flexibility index (Phi) is 4.49. The second-order valence-electron chi connectivity index (χ2n) is 5.74. The molecule has 0 amide bonds. The van der Waals surface area contributed by atoms with Crippen LogP contribution in [0.2, 0.25) is 0 Å². The lowest BCUT2D eigenvalue weighted by atomic mass is 9.85. The summed E-state index contributed by atoms with van der Waals surface area (Å²) < 4.78 is 5.51. The van der Waals surface area contributed by atoms with E-state index in [-0.39, 0.29) is 0 Å². The molecule has 1 nitrogen and oxygen atoms in total. The van der Waals surface area contributed by atoms with E-state index in [1.807, 2.05) is 12.1 Å². The quantitative estimate of drug-likeness (QED) is 0.719. The Morgan fingerprint density at radius 3 is 2.00 bits per heavy atom. The molecule has 0 bridgehead atoms. The number of methoxy groups -OCH3 is 1. The van der Waals surface area contributed by atoms with Crippen LogP contribution in [0, 0.1) is 6.07 Å². The maximum atomic E-state index is 5.51. The first kappa shape index (κ1) is 14.6. The van der Waals surface area contributed by atoms with Crippen LogP contribution in [0.25, 0.3) is 11.1 Å². The topological polar surface area (TPSA) is 9.23 Å². The molecule has 0 aliphatic carbocycles. The summed E-state index contributed by atoms with van der Waals surface area (Å²) in [6, 6.07) is 15.8. The van der Waals surface area contributed by atoms with Crippen molar-refractivity contribution in [3.05, 3.63) is 53.6 Å². The summed E-state index contributed by atoms with van der Waals surface area (Å²) in [4.78, 5) is 0. The smallest absolute Gasteiger partial charge is 0.134 e. The van der Waals surface area contributed by atoms with Crippen LogP contribution in [0.3, 0.4) is 0 Å². The van der Waals surface area contributed by atoms with Gasteiger partial charge < -0.3 is 4.74 Å². The Labute approximate surface area is 122 Å². The van der Waals surface area contributed by atoms with E-state index in [9.17, 15) is 0 Å². The highest BCUT2D eigenvalue weighted by Crippen LogP contribution is 2.39. The molecule has 0 unspecified atom stereocenters. The molecule has 0 spiro atoms. The first-order valence-corrected chi connectivity index (χ1v) is 7.24. The molecule has 0 atom stereocenters. The van der Waals surface area contributed by atoms with E-state index in [1.54, 1.807) is 7.11 Å². The molecular weight excluding hydrogens is 244 g/mol. The predicted octanol–water partition coefficient (Wildman–Crippen LogP) is 5.41. The minimum Gasteiger partial charge on any atom is -0.495 e. The average molecular weight is 267 g/mol. The van der Waals surface area contributed by atoms with Gasteiger partial charge in [-0.2, -0.15) is 0 Å². The van der Waals surface area contributed by atoms with Gasteiger partial charge in [-0.15, -0.1) is 0 Å². The molecule has 0 saturated carbocycles. The van der Waals surface area contributed by atoms with Crippen molar-refractivity contribution in [3.8, 4) is 16.9 Å². The fourth-order valence-electron chi connectivity index (χ4n) is 2.65. The molecule has 0 N–H and O–H groups in total. The molecule has 0 aliphatic heterocycles. The molecule has 2 aromatic rings. The first-order chi connectivity index (χ1) is 9.56. The summed E-state index contributed by atoms with van der Waals surface area (Å²) >= 11 is 0. The van der Waals surface area contributed by atoms with Crippen molar-refractivity contribution in [1.82, 2.24) is 0 Å². The second-order valence-corrected chi connectivity index (χ2v) is 5.74. The number of rotatable bonds is 4. The third kappa shape index (κ3) is 2.72. The van der Waals surface area contributed by atoms with Gasteiger partial charge in [0.05, 0.1) is 7.11 Å². The van der Waals surface area contributed by atoms with E-state index >= 15 is 0 Å². The minimum atomic E-state index is 0.480. The van der Waals surface area contributed by atoms with Gasteiger partial charge in [-0.25, -0.2) is 0 Å². The highest BCUT2D eigenvalue weighted by Gasteiger charge is 2.17. The highest BCUT2D eigenvalue weighted by atomic mass is 16.5. The van der Waals surface area contributed by atoms with Crippen molar-refractivity contribution < 1.29 is 4.74 Å². The Balaban J connectivity index is 2.76. The second kappa shape index (κ2) is 6.13. The van der Waals surface area contributed by atoms with Crippen LogP contribution in [-0.4, -0.2) is 7.11 Å². The van der Waals surface area contributed by atoms with Crippen molar-refractivity contribution in [1.29, 1.82) is 0 Å². The minimum absolute atomic E-state index is 0.480. The van der Waals surface area contributed by atoms with Crippen LogP contribution >= 0.6 is 0 Å². The number of hydrogen-bond donors (Lipinski definition) is 0. The van der Waals surface area contributed by atoms with E-state index in [2.05, 4.69) is 58.0 Å². The molecule has 2 rings (SSSR count). The normalized spacial score (nSPS) is 11.2. The van der Waals surface area contributed by atoms with Gasteiger partial charge in [0, 0.05) is 11.6 Å². The Hall–Kier alpha value is -1.76. The zero-order valence-electron chi connectivity index (χ0n) is 13.0. The predicted molar refractivity (Wildman–Crippen MR) is 85.4 cm³/mol. The monoisotopic (exact) mass is 267 g/mol. The van der Waals surface area contributed by atoms with E-state index < -0.39 is 0 Å². The van der Waals surface area contributed by atoms with Gasteiger partial charge >= 0.3 is 0 Å². The Bertz CT molecular complexity index is 556. The summed E-state index contributed by atoms with van der Waals surface area (Å²) in [6.45, 7) is 8.95. The Morgan fingerprint density at radius 2 is 1.50 bits per heavy atom. The third-order valence-corrected chi connectivity index (χ3v) is 3.66. The lowest BCUT2D eigenvalue weighted by Crippen LogP contribution is -2.01. The molecule has 0 aromatic heterocycles. The van der Waals surface area contributed by atoms with E-state index in [0.29, 0.717) is 11.8 Å². The Morgan fingerprint density at radius 1 is 0.900 bits per heavy atom. The van der Waals surface area contributed by atoms with Gasteiger partial charge in [-0.3, -0.25) is 0 Å². The molecule has 1 radical (unpaired) electrons. The molecular formula is C19H23O. The summed E-state index contributed by atoms with van der Waals surface area (Å²) in [5.74, 6) is 1.78. The molecule has 20 heavy (non-hydrogen) atoms. The third-order valence-electron chi connectivity index (χ3n) is 3.66. The SMILES string of the molecule is COc1[c]cccc1-c1c(C(C)C)cccc1C(C)C. The number of ether oxygens (including phenoxy) is 1. The van der Waals surface area contributed by atoms with Crippen LogP contribution in [0.5, 0.6) is 5.75 Å². The van der Waals surface area contributed by atoms with Gasteiger partial charge in [-0.1, -0.05) is 64.1 Å². The van der Waals surface area contributed by atoms with Crippen LogP contribution in [0.15, 0.2) is 36.4 Å². The van der Waals surface area contributed by atoms with Crippen LogP contribution < -0.4 is 4.74 Å². The maximum Gasteiger partial charge on any atom is 0.134 e. The van der Waals surface area contributed by atoms with Gasteiger partial charge in [-0.05, 0) is 28.5 Å². The summed E-state index contributed by atoms with van der Waals surface area (Å²) in [5.41, 5.74) is 5.19. The summed E-state index contributed by atoms with van der Waals surface area (Å²) in [5, 5.41) is 0. The summed E-state index contributed by atoms with van der Waals surface area (Å²) in [7, 11) is 1.71. The van der Waals surface area contributed by atoms with Crippen molar-refractivity contribution in [2.24, 2.45) is 0 Å². The molecule has 2 aromatic carbocycles. The van der Waals surface area contributed by atoms with Crippen molar-refractivity contribution in [2.75, 3.05) is 7.11 Å². The fraction of sp³-hybridized carbons (Fsp3) is 0.368. The van der Waals surface area contributed by atoms with Crippen molar-refractivity contribution in [2.45, 2.75) is 39.5 Å². The number of benzene rings is 2. The van der Waals surface area contributed by atoms with E-state index in [4.69, 9.17) is 4.74 Å². The molecule has 0 aliphatic rings. The number of para-hydroxylation sites is 1. The molecule has 1 heteroatoms. The molecule has 0 saturated heterocycles. The first-order valence-electron chi connectivity index (χ1n) is 7.24. The largest absolute Gasteiger partial charge is 0.495 e. The molecule has 105 valence electrons. The van der Waals surface area contributed by atoms with Crippen molar-refractivity contribution >= 4 is 0 Å². The van der Waals surface area contributed by atoms with Crippen molar-refractivity contribution in [3.63, 3.8) is 0 Å². The number of hydrogen-bond acceptors (Lipinski definition) is 1. The van der Waals surface area contributed by atoms with Crippen LogP contribution in [-0.2, 0) is 0 Å². The van der Waals surface area contributed by atoms with E-state index in [0.717, 1.165) is 11.3 Å². The fourth-order valence-corrected chi connectivity index (χ4v) is 2.65. The van der Waals surface area contributed by atoms with Gasteiger partial charge in [0.1, 0.15) is 5.75 Å². The zero-order chi connectivity index (χ0) is 14.7. The van der Waals surface area contributed by atoms with Gasteiger partial charge in [0.25, 0.3) is 0 Å². The van der Waals surface area contributed by atoms with Gasteiger partial charge in [0.2, 0.25) is 0 Å². The van der Waals surface area contributed by atoms with E-state index in [1.165, 1.54) is 16.7 Å². The van der Waals surface area contributed by atoms with Gasteiger partial charge in [0.15, 0.2) is 0 Å². The lowest BCUT2D eigenvalue weighted by Gasteiger charge is -2.21. The summed E-state index contributed by atoms with van der Waals surface area (Å²) in [6.07, 6.45) is 0. The van der Waals surface area contributed by atoms with Crippen LogP contribution in [0.4, 0.5) is 0 Å². The van der Waals surface area contributed by atoms with Crippen LogP contribution in [0.1, 0.15) is 50.7 Å². The lowest BCUT2D eigenvalue weighted by molar-refractivity contribution is 0.415. The molecule has 0 fully saturated rings. The highest BCUT2D eigenvalue weighted by molar-refractivity contribution is 5.77. The standard InChI is InChI=1S/C19H23O/c1-13(2)15-10-8-11-16(14(3)4)19(15)17-9-6-7-12-18(17)20-5/h6-11,13-14H,1-5H3. The maximum absolute atomic E-state index is 5.51.